The predicted octanol–water partition coefficient (Wildman–Crippen LogP) is 0.920. The maximum atomic E-state index is 11.7. The average Bonchev–Trinajstić information content (AvgIpc) is 2.26. The summed E-state index contributed by atoms with van der Waals surface area (Å²) >= 11 is 0. The number of carbonyl (C=O) groups excluding carboxylic acids is 1. The summed E-state index contributed by atoms with van der Waals surface area (Å²) in [7, 11) is 0. The van der Waals surface area contributed by atoms with Crippen molar-refractivity contribution < 1.29 is 9.53 Å². The van der Waals surface area contributed by atoms with Crippen LogP contribution < -0.4 is 10.9 Å². The number of hydrogen-bond acceptors (Lipinski definition) is 3. The van der Waals surface area contributed by atoms with Gasteiger partial charge in [-0.25, -0.2) is 0 Å². The van der Waals surface area contributed by atoms with Gasteiger partial charge in [-0.2, -0.15) is 0 Å². The molecule has 0 unspecified atom stereocenters. The third-order valence-corrected chi connectivity index (χ3v) is 2.25. The summed E-state index contributed by atoms with van der Waals surface area (Å²) in [4.78, 5) is 25.2. The molecule has 0 radical (unpaired) electrons. The molecule has 5 nitrogen and oxygen atoms in total. The van der Waals surface area contributed by atoms with Crippen LogP contribution in [0, 0.1) is 0 Å². The average molecular weight is 238 g/mol. The fraction of sp³-hybridized carbons (Fsp3) is 0.500. The molecule has 0 spiro atoms. The Kier molecular flexibility index (Phi) is 4.45. The molecule has 0 aliphatic rings. The van der Waals surface area contributed by atoms with Crippen molar-refractivity contribution in [3.63, 3.8) is 0 Å². The predicted molar refractivity (Wildman–Crippen MR) is 65.1 cm³/mol. The Bertz CT molecular complexity index is 437. The van der Waals surface area contributed by atoms with Gasteiger partial charge in [-0.15, -0.1) is 0 Å². The number of aromatic nitrogens is 1. The van der Waals surface area contributed by atoms with Crippen LogP contribution >= 0.6 is 0 Å². The van der Waals surface area contributed by atoms with Gasteiger partial charge in [0.05, 0.1) is 5.60 Å². The van der Waals surface area contributed by atoms with Crippen LogP contribution in [0.15, 0.2) is 23.1 Å². The standard InChI is InChI=1S/C12H18N2O3/c1-4-17-12(2,3)8-14-11(16)9-5-6-13-10(15)7-9/h5-7H,4,8H2,1-3H3,(H,13,15)(H,14,16). The van der Waals surface area contributed by atoms with E-state index in [1.165, 1.54) is 12.3 Å². The quantitative estimate of drug-likeness (QED) is 0.801. The number of aromatic amines is 1. The zero-order chi connectivity index (χ0) is 12.9. The van der Waals surface area contributed by atoms with E-state index in [0.717, 1.165) is 0 Å². The monoisotopic (exact) mass is 238 g/mol. The molecule has 1 rings (SSSR count). The maximum absolute atomic E-state index is 11.7. The molecule has 0 saturated carbocycles. The molecule has 2 N–H and O–H groups in total. The Morgan fingerprint density at radius 3 is 2.82 bits per heavy atom. The fourth-order valence-electron chi connectivity index (χ4n) is 1.42. The molecule has 0 fully saturated rings. The lowest BCUT2D eigenvalue weighted by molar-refractivity contribution is -0.00815. The van der Waals surface area contributed by atoms with E-state index in [2.05, 4.69) is 10.3 Å². The van der Waals surface area contributed by atoms with Gasteiger partial charge in [-0.3, -0.25) is 9.59 Å². The zero-order valence-electron chi connectivity index (χ0n) is 10.4. The van der Waals surface area contributed by atoms with Crippen molar-refractivity contribution in [2.24, 2.45) is 0 Å². The van der Waals surface area contributed by atoms with E-state index in [1.807, 2.05) is 20.8 Å². The number of rotatable bonds is 5. The summed E-state index contributed by atoms with van der Waals surface area (Å²) in [5, 5.41) is 2.73. The summed E-state index contributed by atoms with van der Waals surface area (Å²) in [6.45, 7) is 6.68. The minimum absolute atomic E-state index is 0.274. The van der Waals surface area contributed by atoms with Crippen molar-refractivity contribution in [1.82, 2.24) is 10.3 Å². The molecule has 0 atom stereocenters. The van der Waals surface area contributed by atoms with Crippen LogP contribution in [0.4, 0.5) is 0 Å². The van der Waals surface area contributed by atoms with E-state index in [-0.39, 0.29) is 11.5 Å². The summed E-state index contributed by atoms with van der Waals surface area (Å²) < 4.78 is 5.46. The van der Waals surface area contributed by atoms with Crippen molar-refractivity contribution in [2.75, 3.05) is 13.2 Å². The highest BCUT2D eigenvalue weighted by atomic mass is 16.5. The normalized spacial score (nSPS) is 11.2. The van der Waals surface area contributed by atoms with E-state index in [0.29, 0.717) is 18.7 Å². The Hall–Kier alpha value is -1.62. The van der Waals surface area contributed by atoms with Crippen molar-refractivity contribution in [1.29, 1.82) is 0 Å². The third-order valence-electron chi connectivity index (χ3n) is 2.25. The molecule has 5 heteroatoms. The van der Waals surface area contributed by atoms with Crippen molar-refractivity contribution in [2.45, 2.75) is 26.4 Å². The van der Waals surface area contributed by atoms with Crippen LogP contribution in [-0.4, -0.2) is 29.6 Å². The minimum Gasteiger partial charge on any atom is -0.374 e. The number of amides is 1. The lowest BCUT2D eigenvalue weighted by atomic mass is 10.1. The molecule has 0 saturated heterocycles. The van der Waals surface area contributed by atoms with E-state index < -0.39 is 5.60 Å². The topological polar surface area (TPSA) is 71.2 Å². The van der Waals surface area contributed by atoms with Crippen LogP contribution in [0.25, 0.3) is 0 Å². The van der Waals surface area contributed by atoms with E-state index >= 15 is 0 Å². The first kappa shape index (κ1) is 13.4. The van der Waals surface area contributed by atoms with Crippen LogP contribution in [0.2, 0.25) is 0 Å². The third kappa shape index (κ3) is 4.40. The van der Waals surface area contributed by atoms with E-state index in [9.17, 15) is 9.59 Å². The molecule has 17 heavy (non-hydrogen) atoms. The second kappa shape index (κ2) is 5.63. The molecular formula is C12H18N2O3. The summed E-state index contributed by atoms with van der Waals surface area (Å²) in [6.07, 6.45) is 1.45. The van der Waals surface area contributed by atoms with Crippen LogP contribution in [-0.2, 0) is 4.74 Å². The Morgan fingerprint density at radius 1 is 1.53 bits per heavy atom. The van der Waals surface area contributed by atoms with Crippen LogP contribution in [0.1, 0.15) is 31.1 Å². The van der Waals surface area contributed by atoms with Gasteiger partial charge in [0.1, 0.15) is 0 Å². The van der Waals surface area contributed by atoms with Gasteiger partial charge in [0.2, 0.25) is 5.56 Å². The van der Waals surface area contributed by atoms with Gasteiger partial charge in [0.15, 0.2) is 0 Å². The van der Waals surface area contributed by atoms with E-state index in [4.69, 9.17) is 4.74 Å². The number of H-pyrrole nitrogens is 1. The first-order valence-electron chi connectivity index (χ1n) is 5.55. The Labute approximate surface area is 100 Å². The van der Waals surface area contributed by atoms with Gasteiger partial charge in [0, 0.05) is 31.0 Å². The number of nitrogens with one attached hydrogen (secondary N) is 2. The Balaban J connectivity index is 2.59. The van der Waals surface area contributed by atoms with Crippen LogP contribution in [0.3, 0.4) is 0 Å². The summed E-state index contributed by atoms with van der Waals surface area (Å²) in [5.74, 6) is -0.274. The number of carbonyl (C=O) groups is 1. The molecular weight excluding hydrogens is 220 g/mol. The molecule has 94 valence electrons. The second-order valence-electron chi connectivity index (χ2n) is 4.32. The second-order valence-corrected chi connectivity index (χ2v) is 4.32. The van der Waals surface area contributed by atoms with Crippen molar-refractivity contribution >= 4 is 5.91 Å². The highest BCUT2D eigenvalue weighted by Crippen LogP contribution is 2.07. The lowest BCUT2D eigenvalue weighted by Crippen LogP contribution is -2.40. The maximum Gasteiger partial charge on any atom is 0.251 e. The van der Waals surface area contributed by atoms with Gasteiger partial charge in [-0.1, -0.05) is 0 Å². The summed E-state index contributed by atoms with van der Waals surface area (Å²) in [5.41, 5.74) is -0.353. The first-order chi connectivity index (χ1) is 7.94. The molecule has 0 bridgehead atoms. The van der Waals surface area contributed by atoms with Crippen molar-refractivity contribution in [3.05, 3.63) is 34.2 Å². The molecule has 1 aromatic heterocycles. The summed E-state index contributed by atoms with van der Waals surface area (Å²) in [6, 6.07) is 2.83. The zero-order valence-corrected chi connectivity index (χ0v) is 10.4. The smallest absolute Gasteiger partial charge is 0.251 e. The van der Waals surface area contributed by atoms with Gasteiger partial charge in [-0.05, 0) is 26.8 Å². The largest absolute Gasteiger partial charge is 0.374 e. The van der Waals surface area contributed by atoms with Gasteiger partial charge in [0.25, 0.3) is 5.91 Å². The highest BCUT2D eigenvalue weighted by molar-refractivity contribution is 5.93. The fourth-order valence-corrected chi connectivity index (χ4v) is 1.42. The van der Waals surface area contributed by atoms with Crippen LogP contribution in [0.5, 0.6) is 0 Å². The highest BCUT2D eigenvalue weighted by Gasteiger charge is 2.18. The lowest BCUT2D eigenvalue weighted by Gasteiger charge is -2.24. The molecule has 1 aromatic rings. The number of pyridine rings is 1. The molecule has 0 aliphatic heterocycles. The molecule has 0 aromatic carbocycles. The number of ether oxygens (including phenoxy) is 1. The first-order valence-corrected chi connectivity index (χ1v) is 5.55. The SMILES string of the molecule is CCOC(C)(C)CNC(=O)c1cc[nH]c(=O)c1. The molecule has 0 aliphatic carbocycles. The molecule has 1 amide bonds. The number of hydrogen-bond donors (Lipinski definition) is 2. The molecule has 1 heterocycles. The van der Waals surface area contributed by atoms with Gasteiger partial charge >= 0.3 is 0 Å². The van der Waals surface area contributed by atoms with Crippen molar-refractivity contribution in [3.8, 4) is 0 Å². The Morgan fingerprint density at radius 2 is 2.24 bits per heavy atom. The van der Waals surface area contributed by atoms with E-state index in [1.54, 1.807) is 6.07 Å². The van der Waals surface area contributed by atoms with Gasteiger partial charge < -0.3 is 15.0 Å². The minimum atomic E-state index is -0.411.